The van der Waals surface area contributed by atoms with E-state index in [0.29, 0.717) is 12.0 Å². The lowest BCUT2D eigenvalue weighted by atomic mass is 9.86. The summed E-state index contributed by atoms with van der Waals surface area (Å²) in [6.07, 6.45) is 5.21. The maximum atomic E-state index is 4.87. The van der Waals surface area contributed by atoms with Crippen LogP contribution >= 0.6 is 11.8 Å². The fraction of sp³-hybridized carbons (Fsp3) is 0.500. The van der Waals surface area contributed by atoms with Crippen molar-refractivity contribution in [2.45, 2.75) is 38.6 Å². The lowest BCUT2D eigenvalue weighted by Crippen LogP contribution is -2.29. The number of hydrogen-bond donors (Lipinski definition) is 1. The Labute approximate surface area is 125 Å². The van der Waals surface area contributed by atoms with E-state index in [0.717, 1.165) is 16.6 Å². The number of amidine groups is 1. The van der Waals surface area contributed by atoms with E-state index >= 15 is 0 Å². The molecule has 1 aliphatic heterocycles. The monoisotopic (exact) mass is 287 g/mol. The number of nitrogens with zero attached hydrogens (tertiary/aromatic N) is 2. The summed E-state index contributed by atoms with van der Waals surface area (Å²) in [6.45, 7) is 2.32. The molecule has 1 aliphatic carbocycles. The predicted molar refractivity (Wildman–Crippen MR) is 87.4 cm³/mol. The van der Waals surface area contributed by atoms with E-state index in [1.807, 2.05) is 6.07 Å². The molecule has 0 radical (unpaired) electrons. The van der Waals surface area contributed by atoms with Crippen molar-refractivity contribution in [2.75, 3.05) is 5.75 Å². The smallest absolute Gasteiger partial charge is 0.177 e. The molecular formula is C16H21N3S. The molecule has 1 aromatic rings. The fourth-order valence-electron chi connectivity index (χ4n) is 2.80. The molecule has 2 aliphatic rings. The summed E-state index contributed by atoms with van der Waals surface area (Å²) in [5.74, 6) is 1.61. The number of nitrogens with one attached hydrogen (secondary N) is 1. The van der Waals surface area contributed by atoms with Gasteiger partial charge in [0.15, 0.2) is 5.17 Å². The summed E-state index contributed by atoms with van der Waals surface area (Å²) < 4.78 is 0. The van der Waals surface area contributed by atoms with Gasteiger partial charge >= 0.3 is 0 Å². The van der Waals surface area contributed by atoms with Gasteiger partial charge in [0.05, 0.1) is 11.8 Å². The van der Waals surface area contributed by atoms with Crippen LogP contribution in [0.1, 0.15) is 38.2 Å². The van der Waals surface area contributed by atoms with Crippen LogP contribution in [-0.4, -0.2) is 22.7 Å². The van der Waals surface area contributed by atoms with Crippen molar-refractivity contribution in [3.05, 3.63) is 35.9 Å². The molecule has 3 rings (SSSR count). The molecule has 2 atom stereocenters. The average molecular weight is 287 g/mol. The third kappa shape index (κ3) is 3.23. The minimum Gasteiger partial charge on any atom is -0.258 e. The number of benzene rings is 1. The van der Waals surface area contributed by atoms with Crippen LogP contribution in [0.5, 0.6) is 0 Å². The molecule has 0 amide bonds. The van der Waals surface area contributed by atoms with Crippen molar-refractivity contribution in [3.63, 3.8) is 0 Å². The van der Waals surface area contributed by atoms with Gasteiger partial charge in [0.1, 0.15) is 0 Å². The van der Waals surface area contributed by atoms with Gasteiger partial charge in [0.25, 0.3) is 0 Å². The molecule has 1 heterocycles. The molecule has 1 N–H and O–H groups in total. The Bertz CT molecular complexity index is 510. The first-order chi connectivity index (χ1) is 9.83. The lowest BCUT2D eigenvalue weighted by molar-refractivity contribution is 0.333. The van der Waals surface area contributed by atoms with Crippen LogP contribution in [-0.2, 0) is 0 Å². The fourth-order valence-corrected chi connectivity index (χ4v) is 3.62. The highest BCUT2D eigenvalue weighted by molar-refractivity contribution is 8.14. The maximum absolute atomic E-state index is 4.87. The Morgan fingerprint density at radius 1 is 1.20 bits per heavy atom. The Kier molecular flexibility index (Phi) is 4.41. The Morgan fingerprint density at radius 2 is 2.00 bits per heavy atom. The molecule has 1 fully saturated rings. The van der Waals surface area contributed by atoms with E-state index in [-0.39, 0.29) is 0 Å². The average Bonchev–Trinajstić information content (AvgIpc) is 2.51. The van der Waals surface area contributed by atoms with Gasteiger partial charge in [0.2, 0.25) is 0 Å². The molecule has 106 valence electrons. The summed E-state index contributed by atoms with van der Waals surface area (Å²) in [5, 5.41) is 5.48. The Balaban J connectivity index is 1.67. The van der Waals surface area contributed by atoms with Gasteiger partial charge in [0, 0.05) is 5.75 Å². The van der Waals surface area contributed by atoms with E-state index in [4.69, 9.17) is 4.99 Å². The second kappa shape index (κ2) is 6.44. The molecule has 1 aromatic carbocycles. The van der Waals surface area contributed by atoms with E-state index in [1.54, 1.807) is 11.8 Å². The number of rotatable bonds is 2. The van der Waals surface area contributed by atoms with Crippen LogP contribution < -0.4 is 5.43 Å². The third-order valence-electron chi connectivity index (χ3n) is 4.09. The molecule has 4 heteroatoms. The van der Waals surface area contributed by atoms with Crippen molar-refractivity contribution in [1.29, 1.82) is 0 Å². The van der Waals surface area contributed by atoms with Crippen LogP contribution in [0.15, 0.2) is 40.4 Å². The quantitative estimate of drug-likeness (QED) is 0.901. The number of thioether (sulfide) groups is 1. The zero-order chi connectivity index (χ0) is 13.8. The van der Waals surface area contributed by atoms with Crippen LogP contribution in [0.3, 0.4) is 0 Å². The zero-order valence-corrected chi connectivity index (χ0v) is 12.7. The highest BCUT2D eigenvalue weighted by Crippen LogP contribution is 2.27. The van der Waals surface area contributed by atoms with Gasteiger partial charge in [-0.1, -0.05) is 61.9 Å². The molecule has 0 aromatic heterocycles. The summed E-state index contributed by atoms with van der Waals surface area (Å²) in [5.41, 5.74) is 5.43. The van der Waals surface area contributed by atoms with Crippen molar-refractivity contribution < 1.29 is 0 Å². The molecule has 1 saturated carbocycles. The molecule has 20 heavy (non-hydrogen) atoms. The van der Waals surface area contributed by atoms with E-state index < -0.39 is 0 Å². The van der Waals surface area contributed by atoms with Gasteiger partial charge in [-0.15, -0.1) is 0 Å². The Morgan fingerprint density at radius 3 is 2.70 bits per heavy atom. The minimum atomic E-state index is 0.479. The highest BCUT2D eigenvalue weighted by atomic mass is 32.2. The van der Waals surface area contributed by atoms with Crippen LogP contribution in [0, 0.1) is 5.92 Å². The standard InChI is InChI=1S/C16H21N3S/c1-12-7-5-6-10-14(12)17-16-19-18-15(11-20-16)13-8-3-2-4-9-13/h2-4,8-9,12,14H,5-7,10-11H2,1H3,(H,17,19)/t12-,14+/m1/s1. The minimum absolute atomic E-state index is 0.479. The zero-order valence-electron chi connectivity index (χ0n) is 11.9. The summed E-state index contributed by atoms with van der Waals surface area (Å²) in [7, 11) is 0. The number of hydrazone groups is 1. The summed E-state index contributed by atoms with van der Waals surface area (Å²) in [6, 6.07) is 10.8. The van der Waals surface area contributed by atoms with Gasteiger partial charge in [-0.05, 0) is 24.3 Å². The Hall–Kier alpha value is -1.29. The summed E-state index contributed by atoms with van der Waals surface area (Å²) >= 11 is 1.77. The molecule has 0 spiro atoms. The second-order valence-corrected chi connectivity index (χ2v) is 6.55. The molecule has 0 saturated heterocycles. The molecular weight excluding hydrogens is 266 g/mol. The van der Waals surface area contributed by atoms with Gasteiger partial charge in [-0.2, -0.15) is 5.10 Å². The normalized spacial score (nSPS) is 28.9. The second-order valence-electron chi connectivity index (χ2n) is 5.59. The van der Waals surface area contributed by atoms with Crippen LogP contribution in [0.25, 0.3) is 0 Å². The largest absolute Gasteiger partial charge is 0.258 e. The number of aliphatic imine (C=N–C) groups is 1. The molecule has 0 unspecified atom stereocenters. The predicted octanol–water partition coefficient (Wildman–Crippen LogP) is 3.66. The van der Waals surface area contributed by atoms with Crippen molar-refractivity contribution in [2.24, 2.45) is 16.0 Å². The van der Waals surface area contributed by atoms with Gasteiger partial charge in [-0.25, -0.2) is 0 Å². The first kappa shape index (κ1) is 13.7. The van der Waals surface area contributed by atoms with Crippen molar-refractivity contribution in [3.8, 4) is 0 Å². The van der Waals surface area contributed by atoms with Crippen molar-refractivity contribution >= 4 is 22.6 Å². The van der Waals surface area contributed by atoms with E-state index in [2.05, 4.69) is 41.7 Å². The van der Waals surface area contributed by atoms with Crippen molar-refractivity contribution in [1.82, 2.24) is 5.43 Å². The summed E-state index contributed by atoms with van der Waals surface area (Å²) in [4.78, 5) is 4.87. The lowest BCUT2D eigenvalue weighted by Gasteiger charge is -2.26. The topological polar surface area (TPSA) is 36.8 Å². The van der Waals surface area contributed by atoms with Crippen LogP contribution in [0.2, 0.25) is 0 Å². The maximum Gasteiger partial charge on any atom is 0.177 e. The SMILES string of the molecule is C[C@@H]1CCCC[C@@H]1N=C1NN=C(c2ccccc2)CS1. The first-order valence-corrected chi connectivity index (χ1v) is 8.40. The van der Waals surface area contributed by atoms with E-state index in [1.165, 1.54) is 31.2 Å². The first-order valence-electron chi connectivity index (χ1n) is 7.41. The number of hydrogen-bond acceptors (Lipinski definition) is 3. The molecule has 0 bridgehead atoms. The molecule has 3 nitrogen and oxygen atoms in total. The van der Waals surface area contributed by atoms with Gasteiger partial charge in [-0.3, -0.25) is 10.4 Å². The van der Waals surface area contributed by atoms with Gasteiger partial charge < -0.3 is 0 Å². The highest BCUT2D eigenvalue weighted by Gasteiger charge is 2.22. The van der Waals surface area contributed by atoms with E-state index in [9.17, 15) is 0 Å². The van der Waals surface area contributed by atoms with Crippen LogP contribution in [0.4, 0.5) is 0 Å². The third-order valence-corrected chi connectivity index (χ3v) is 4.98.